The number of hydrogen-bond donors (Lipinski definition) is 0. The van der Waals surface area contributed by atoms with E-state index in [2.05, 4.69) is 134 Å². The first-order valence-corrected chi connectivity index (χ1v) is 17.9. The summed E-state index contributed by atoms with van der Waals surface area (Å²) in [5, 5.41) is 4.36. The van der Waals surface area contributed by atoms with E-state index in [4.69, 9.17) is 0 Å². The lowest BCUT2D eigenvalue weighted by Crippen LogP contribution is -2.56. The Bertz CT molecular complexity index is 1910. The number of pyridine rings is 1. The number of nitrogens with zero attached hydrogens (tertiary/aromatic N) is 1. The predicted octanol–water partition coefficient (Wildman–Crippen LogP) is 11.7. The summed E-state index contributed by atoms with van der Waals surface area (Å²) in [7, 11) is 0. The molecule has 3 aliphatic rings. The maximum absolute atomic E-state index is 2.88. The average molecular weight is 597 g/mol. The van der Waals surface area contributed by atoms with Crippen molar-refractivity contribution in [1.29, 1.82) is 0 Å². The second kappa shape index (κ2) is 10.4. The molecule has 0 bridgehead atoms. The van der Waals surface area contributed by atoms with Crippen LogP contribution in [0.2, 0.25) is 0 Å². The highest BCUT2D eigenvalue weighted by atomic mass is 15.1. The van der Waals surface area contributed by atoms with Crippen molar-refractivity contribution in [2.45, 2.75) is 119 Å². The van der Waals surface area contributed by atoms with Crippen LogP contribution in [0.3, 0.4) is 0 Å². The monoisotopic (exact) mass is 596 g/mol. The number of hydrogen-bond acceptors (Lipinski definition) is 0. The topological polar surface area (TPSA) is 3.88 Å². The molecule has 0 radical (unpaired) electrons. The van der Waals surface area contributed by atoms with Gasteiger partial charge in [0, 0.05) is 39.8 Å². The molecule has 1 unspecified atom stereocenters. The lowest BCUT2D eigenvalue weighted by atomic mass is 9.68. The summed E-state index contributed by atoms with van der Waals surface area (Å²) in [6.07, 6.45) is 12.3. The molecule has 1 atom stereocenters. The highest BCUT2D eigenvalue weighted by Crippen LogP contribution is 2.58. The van der Waals surface area contributed by atoms with Gasteiger partial charge in [0.2, 0.25) is 16.7 Å². The van der Waals surface area contributed by atoms with E-state index in [0.29, 0.717) is 11.8 Å². The Kier molecular flexibility index (Phi) is 7.05. The van der Waals surface area contributed by atoms with Crippen LogP contribution in [-0.4, -0.2) is 0 Å². The smallest absolute Gasteiger partial charge is 0.177 e. The number of aryl methyl sites for hydroxylation is 1. The van der Waals surface area contributed by atoms with Crippen LogP contribution in [0.25, 0.3) is 32.9 Å². The molecule has 0 amide bonds. The molecule has 1 heteroatoms. The summed E-state index contributed by atoms with van der Waals surface area (Å²) in [5.74, 6) is 1.18. The first-order chi connectivity index (χ1) is 21.4. The van der Waals surface area contributed by atoms with Crippen LogP contribution in [-0.2, 0) is 17.4 Å². The number of rotatable bonds is 7. The first kappa shape index (κ1) is 30.5. The second-order valence-corrected chi connectivity index (χ2v) is 16.3. The van der Waals surface area contributed by atoms with Gasteiger partial charge in [-0.25, -0.2) is 0 Å². The molecule has 1 aromatic heterocycles. The molecular weight excluding hydrogens is 542 g/mol. The van der Waals surface area contributed by atoms with Crippen LogP contribution < -0.4 is 4.57 Å². The summed E-state index contributed by atoms with van der Waals surface area (Å²) in [4.78, 5) is 0. The van der Waals surface area contributed by atoms with Crippen LogP contribution in [0.1, 0.15) is 122 Å². The zero-order valence-corrected chi connectivity index (χ0v) is 29.6. The van der Waals surface area contributed by atoms with E-state index in [1.807, 2.05) is 0 Å². The van der Waals surface area contributed by atoms with Gasteiger partial charge in [0.1, 0.15) is 0 Å². The van der Waals surface area contributed by atoms with Crippen molar-refractivity contribution in [3.05, 3.63) is 99.6 Å². The molecule has 1 aliphatic heterocycles. The molecular formula is C44H54N+. The van der Waals surface area contributed by atoms with Gasteiger partial charge in [0.25, 0.3) is 0 Å². The summed E-state index contributed by atoms with van der Waals surface area (Å²) in [5.41, 5.74) is 14.9. The third-order valence-electron chi connectivity index (χ3n) is 11.9. The summed E-state index contributed by atoms with van der Waals surface area (Å²) < 4.78 is 2.88. The minimum atomic E-state index is -0.240. The fourth-order valence-corrected chi connectivity index (χ4v) is 9.64. The normalized spacial score (nSPS) is 19.7. The van der Waals surface area contributed by atoms with E-state index in [0.717, 1.165) is 12.8 Å². The Morgan fingerprint density at radius 2 is 1.49 bits per heavy atom. The van der Waals surface area contributed by atoms with Gasteiger partial charge in [-0.2, -0.15) is 4.57 Å². The lowest BCUT2D eigenvalue weighted by Gasteiger charge is -2.34. The van der Waals surface area contributed by atoms with Gasteiger partial charge < -0.3 is 0 Å². The van der Waals surface area contributed by atoms with Crippen LogP contribution >= 0.6 is 0 Å². The third kappa shape index (κ3) is 4.28. The zero-order chi connectivity index (χ0) is 32.1. The Morgan fingerprint density at radius 1 is 0.800 bits per heavy atom. The molecule has 2 heterocycles. The fourth-order valence-electron chi connectivity index (χ4n) is 9.64. The summed E-state index contributed by atoms with van der Waals surface area (Å²) in [6.45, 7) is 24.0. The first-order valence-electron chi connectivity index (χ1n) is 17.9. The molecule has 0 fully saturated rings. The van der Waals surface area contributed by atoms with Crippen LogP contribution in [0, 0.1) is 24.2 Å². The molecule has 0 N–H and O–H groups in total. The van der Waals surface area contributed by atoms with Crippen LogP contribution in [0.15, 0.2) is 71.8 Å². The van der Waals surface area contributed by atoms with E-state index < -0.39 is 0 Å². The highest BCUT2D eigenvalue weighted by molar-refractivity contribution is 6.06. The molecule has 1 spiro atoms. The molecule has 1 nitrogen and oxygen atoms in total. The van der Waals surface area contributed by atoms with Gasteiger partial charge in [-0.05, 0) is 102 Å². The van der Waals surface area contributed by atoms with Gasteiger partial charge in [0.05, 0.1) is 5.56 Å². The molecule has 2 aliphatic carbocycles. The Morgan fingerprint density at radius 3 is 2.16 bits per heavy atom. The maximum Gasteiger partial charge on any atom is 0.219 e. The van der Waals surface area contributed by atoms with E-state index in [1.54, 1.807) is 11.1 Å². The molecule has 0 saturated carbocycles. The van der Waals surface area contributed by atoms with Crippen molar-refractivity contribution >= 4 is 21.7 Å². The average Bonchev–Trinajstić information content (AvgIpc) is 3.25. The number of aromatic nitrogens is 1. The van der Waals surface area contributed by atoms with Gasteiger partial charge in [-0.15, -0.1) is 0 Å². The van der Waals surface area contributed by atoms with Crippen molar-refractivity contribution in [3.8, 4) is 11.3 Å². The number of fused-ring (bicyclic) bond motifs is 4. The summed E-state index contributed by atoms with van der Waals surface area (Å²) >= 11 is 0. The van der Waals surface area contributed by atoms with E-state index >= 15 is 0 Å². The van der Waals surface area contributed by atoms with Crippen molar-refractivity contribution in [2.24, 2.45) is 17.3 Å². The fraction of sp³-hybridized carbons (Fsp3) is 0.477. The SMILES string of the molecule is CCC(CC)C1=CC2(CC(C(CC)CC)=C1)c1cc(C)c3cccc4c3c1-c1c(cc3c(CC(C)(C)C)cccc3[n+]12)C4(C)C. The lowest BCUT2D eigenvalue weighted by molar-refractivity contribution is -0.703. The minimum Gasteiger partial charge on any atom is -0.177 e. The van der Waals surface area contributed by atoms with Gasteiger partial charge >= 0.3 is 0 Å². The number of benzene rings is 3. The molecule has 0 saturated heterocycles. The van der Waals surface area contributed by atoms with Crippen molar-refractivity contribution in [3.63, 3.8) is 0 Å². The van der Waals surface area contributed by atoms with Crippen molar-refractivity contribution < 1.29 is 4.57 Å². The minimum absolute atomic E-state index is 0.103. The Balaban J connectivity index is 1.70. The molecule has 3 aromatic carbocycles. The van der Waals surface area contributed by atoms with Gasteiger partial charge in [0.15, 0.2) is 0 Å². The largest absolute Gasteiger partial charge is 0.219 e. The standard InChI is InChI=1S/C44H54N/c1-11-28(12-2)31-22-32(29(13-3)14-4)26-44(25-31)36-21-27(5)33-18-16-19-35-39(33)40(36)41-37(43(35,9)10)23-34-30(24-42(6,7)8)17-15-20-38(34)45(41)44/h15-23,25,28-29H,11-14,24,26H2,1-10H3/q+1. The van der Waals surface area contributed by atoms with Crippen molar-refractivity contribution in [2.75, 3.05) is 0 Å². The van der Waals surface area contributed by atoms with Gasteiger partial charge in [-0.3, -0.25) is 0 Å². The maximum atomic E-state index is 2.88. The quantitative estimate of drug-likeness (QED) is 0.187. The van der Waals surface area contributed by atoms with Crippen LogP contribution in [0.5, 0.6) is 0 Å². The molecule has 7 rings (SSSR count). The summed E-state index contributed by atoms with van der Waals surface area (Å²) in [6, 6.07) is 19.5. The second-order valence-electron chi connectivity index (χ2n) is 16.3. The third-order valence-corrected chi connectivity index (χ3v) is 11.9. The van der Waals surface area contributed by atoms with Crippen molar-refractivity contribution in [1.82, 2.24) is 0 Å². The molecule has 4 aromatic rings. The zero-order valence-electron chi connectivity index (χ0n) is 29.6. The number of allylic oxidation sites excluding steroid dienone is 4. The predicted molar refractivity (Wildman–Crippen MR) is 193 cm³/mol. The van der Waals surface area contributed by atoms with E-state index in [1.165, 1.54) is 86.4 Å². The molecule has 234 valence electrons. The van der Waals surface area contributed by atoms with Gasteiger partial charge in [-0.1, -0.05) is 104 Å². The highest BCUT2D eigenvalue weighted by Gasteiger charge is 2.57. The Labute approximate surface area is 272 Å². The molecule has 45 heavy (non-hydrogen) atoms. The van der Waals surface area contributed by atoms with Crippen LogP contribution in [0.4, 0.5) is 0 Å². The Hall–Kier alpha value is -3.19. The van der Waals surface area contributed by atoms with E-state index in [-0.39, 0.29) is 16.4 Å². The van der Waals surface area contributed by atoms with E-state index in [9.17, 15) is 0 Å².